The summed E-state index contributed by atoms with van der Waals surface area (Å²) in [7, 11) is 0. The first kappa shape index (κ1) is 25.8. The predicted molar refractivity (Wildman–Crippen MR) is 154 cm³/mol. The van der Waals surface area contributed by atoms with Crippen LogP contribution >= 0.6 is 0 Å². The molecule has 0 aromatic carbocycles. The van der Waals surface area contributed by atoms with Crippen molar-refractivity contribution in [1.29, 1.82) is 0 Å². The van der Waals surface area contributed by atoms with Crippen LogP contribution in [0.4, 0.5) is 5.82 Å². The highest BCUT2D eigenvalue weighted by Crippen LogP contribution is 2.27. The van der Waals surface area contributed by atoms with Gasteiger partial charge < -0.3 is 9.84 Å². The highest BCUT2D eigenvalue weighted by Gasteiger charge is 2.34. The van der Waals surface area contributed by atoms with E-state index in [9.17, 15) is 0 Å². The summed E-state index contributed by atoms with van der Waals surface area (Å²) in [6.07, 6.45) is 13.4. The van der Waals surface area contributed by atoms with Gasteiger partial charge in [-0.25, -0.2) is 9.99 Å². The number of aromatic nitrogens is 6. The number of rotatable bonds is 9. The lowest BCUT2D eigenvalue weighted by Crippen LogP contribution is -2.58. The molecule has 7 rings (SSSR count). The van der Waals surface area contributed by atoms with E-state index in [0.717, 1.165) is 51.6 Å². The first-order valence-corrected chi connectivity index (χ1v) is 14.3. The monoisotopic (exact) mass is 550 g/mol. The third-order valence-corrected chi connectivity index (χ3v) is 8.09. The minimum Gasteiger partial charge on any atom is -0.461 e. The fraction of sp³-hybridized carbons (Fsp3) is 0.367. The van der Waals surface area contributed by atoms with E-state index in [-0.39, 0.29) is 0 Å². The Morgan fingerprint density at radius 2 is 1.66 bits per heavy atom. The van der Waals surface area contributed by atoms with Crippen molar-refractivity contribution in [2.75, 3.05) is 38.1 Å². The summed E-state index contributed by atoms with van der Waals surface area (Å²) in [6, 6.07) is 14.7. The van der Waals surface area contributed by atoms with Crippen LogP contribution in [0.5, 0.6) is 0 Å². The summed E-state index contributed by atoms with van der Waals surface area (Å²) < 4.78 is 7.23. The highest BCUT2D eigenvalue weighted by molar-refractivity contribution is 5.52. The Kier molecular flexibility index (Phi) is 7.37. The maximum atomic E-state index is 5.48. The average Bonchev–Trinajstić information content (AvgIpc) is 3.69. The molecule has 5 aromatic rings. The molecule has 5 aromatic heterocycles. The molecule has 2 saturated heterocycles. The number of piperidine rings is 1. The lowest BCUT2D eigenvalue weighted by atomic mass is 9.90. The van der Waals surface area contributed by atoms with Crippen LogP contribution in [0.2, 0.25) is 0 Å². The third-order valence-electron chi connectivity index (χ3n) is 8.09. The largest absolute Gasteiger partial charge is 0.461 e. The highest BCUT2D eigenvalue weighted by atomic mass is 16.3. The van der Waals surface area contributed by atoms with Crippen molar-refractivity contribution < 1.29 is 4.42 Å². The lowest BCUT2D eigenvalue weighted by Gasteiger charge is -2.47. The normalized spacial score (nSPS) is 19.9. The van der Waals surface area contributed by atoms with Gasteiger partial charge >= 0.3 is 0 Å². The van der Waals surface area contributed by atoms with Gasteiger partial charge in [0.05, 0.1) is 6.26 Å². The Hall–Kier alpha value is -4.19. The zero-order valence-corrected chi connectivity index (χ0v) is 23.0. The summed E-state index contributed by atoms with van der Waals surface area (Å²) in [5.41, 5.74) is 6.20. The van der Waals surface area contributed by atoms with Crippen LogP contribution in [-0.4, -0.2) is 83.1 Å². The van der Waals surface area contributed by atoms with Crippen LogP contribution in [0.1, 0.15) is 24.0 Å². The lowest BCUT2D eigenvalue weighted by molar-refractivity contribution is 0.0266. The van der Waals surface area contributed by atoms with Crippen molar-refractivity contribution in [2.24, 2.45) is 5.92 Å². The number of nitrogens with one attached hydrogen (secondary N) is 1. The molecule has 0 saturated carbocycles. The van der Waals surface area contributed by atoms with Gasteiger partial charge in [-0.3, -0.25) is 19.8 Å². The molecule has 0 spiro atoms. The summed E-state index contributed by atoms with van der Waals surface area (Å²) in [5, 5.41) is 6.95. The number of piperazine rings is 1. The second kappa shape index (κ2) is 11.7. The molecular formula is C30H34N10O. The van der Waals surface area contributed by atoms with Gasteiger partial charge in [0, 0.05) is 88.9 Å². The number of fused-ring (bicyclic) bond motifs is 2. The Labute approximate surface area is 238 Å². The Morgan fingerprint density at radius 1 is 0.878 bits per heavy atom. The topological polar surface area (TPSA) is 104 Å². The van der Waals surface area contributed by atoms with Gasteiger partial charge in [0.2, 0.25) is 5.82 Å². The molecule has 2 aliphatic rings. The number of hydrogen-bond donors (Lipinski definition) is 1. The van der Waals surface area contributed by atoms with Crippen molar-refractivity contribution in [3.05, 3.63) is 90.8 Å². The standard InChI is InChI=1S/C30H34N10O/c1-2-27(41-17-1)29-34-30-33-14-9-28(40(30)36-29)35-39-16-15-38-21-25(3-4-26(38)22-39)20-37(18-23-5-10-31-11-6-23)19-24-7-12-32-13-8-24/h1-2,5-14,17,25-26,35H,3-4,15-16,18-22H2. The van der Waals surface area contributed by atoms with E-state index in [4.69, 9.17) is 4.42 Å². The van der Waals surface area contributed by atoms with E-state index in [1.54, 1.807) is 17.0 Å². The van der Waals surface area contributed by atoms with Crippen LogP contribution < -0.4 is 5.43 Å². The Bertz CT molecular complexity index is 1500. The minimum absolute atomic E-state index is 0.529. The molecule has 2 unspecified atom stereocenters. The molecule has 2 atom stereocenters. The molecule has 0 aliphatic carbocycles. The first-order chi connectivity index (χ1) is 20.3. The third kappa shape index (κ3) is 5.97. The second-order valence-corrected chi connectivity index (χ2v) is 11.0. The van der Waals surface area contributed by atoms with E-state index in [0.29, 0.717) is 29.3 Å². The molecular weight excluding hydrogens is 516 g/mol. The van der Waals surface area contributed by atoms with Gasteiger partial charge in [-0.05, 0) is 66.3 Å². The van der Waals surface area contributed by atoms with Crippen LogP contribution in [0.3, 0.4) is 0 Å². The molecule has 2 aliphatic heterocycles. The molecule has 41 heavy (non-hydrogen) atoms. The average molecular weight is 551 g/mol. The van der Waals surface area contributed by atoms with Crippen molar-refractivity contribution >= 4 is 11.6 Å². The fourth-order valence-corrected chi connectivity index (χ4v) is 6.10. The van der Waals surface area contributed by atoms with Crippen molar-refractivity contribution in [3.63, 3.8) is 0 Å². The van der Waals surface area contributed by atoms with Crippen LogP contribution in [0.25, 0.3) is 17.4 Å². The van der Waals surface area contributed by atoms with Gasteiger partial charge in [-0.15, -0.1) is 5.10 Å². The number of hydrazine groups is 1. The van der Waals surface area contributed by atoms with E-state index in [1.807, 2.05) is 43.0 Å². The van der Waals surface area contributed by atoms with Crippen molar-refractivity contribution in [1.82, 2.24) is 44.4 Å². The predicted octanol–water partition coefficient (Wildman–Crippen LogP) is 3.60. The van der Waals surface area contributed by atoms with Gasteiger partial charge in [0.1, 0.15) is 5.82 Å². The molecule has 0 amide bonds. The van der Waals surface area contributed by atoms with E-state index < -0.39 is 0 Å². The van der Waals surface area contributed by atoms with E-state index in [2.05, 4.69) is 69.5 Å². The molecule has 0 radical (unpaired) electrons. The number of hydrogen-bond acceptors (Lipinski definition) is 10. The minimum atomic E-state index is 0.529. The number of nitrogens with zero attached hydrogens (tertiary/aromatic N) is 9. The summed E-state index contributed by atoms with van der Waals surface area (Å²) in [5.74, 6) is 3.20. The summed E-state index contributed by atoms with van der Waals surface area (Å²) >= 11 is 0. The molecule has 2 fully saturated rings. The summed E-state index contributed by atoms with van der Waals surface area (Å²) in [4.78, 5) is 22.6. The zero-order valence-electron chi connectivity index (χ0n) is 23.0. The molecule has 11 heteroatoms. The van der Waals surface area contributed by atoms with Gasteiger partial charge in [0.25, 0.3) is 5.78 Å². The molecule has 1 N–H and O–H groups in total. The SMILES string of the molecule is c1coc(-c2nc3nccc(NN4CCN5CC(CN(Cc6ccncc6)Cc6ccncc6)CCC5C4)n3n2)c1. The van der Waals surface area contributed by atoms with E-state index in [1.165, 1.54) is 24.0 Å². The molecule has 7 heterocycles. The number of pyridine rings is 2. The van der Waals surface area contributed by atoms with Gasteiger partial charge in [-0.1, -0.05) is 0 Å². The van der Waals surface area contributed by atoms with Crippen molar-refractivity contribution in [3.8, 4) is 11.6 Å². The van der Waals surface area contributed by atoms with E-state index >= 15 is 0 Å². The van der Waals surface area contributed by atoms with Gasteiger partial charge in [0.15, 0.2) is 5.76 Å². The van der Waals surface area contributed by atoms with Crippen LogP contribution in [0.15, 0.2) is 84.1 Å². The second-order valence-electron chi connectivity index (χ2n) is 11.0. The molecule has 0 bridgehead atoms. The van der Waals surface area contributed by atoms with Crippen LogP contribution in [-0.2, 0) is 13.1 Å². The maximum Gasteiger partial charge on any atom is 0.254 e. The summed E-state index contributed by atoms with van der Waals surface area (Å²) in [6.45, 7) is 7.00. The zero-order chi connectivity index (χ0) is 27.4. The van der Waals surface area contributed by atoms with Crippen LogP contribution in [0, 0.1) is 5.92 Å². The molecule has 11 nitrogen and oxygen atoms in total. The smallest absolute Gasteiger partial charge is 0.254 e. The number of anilines is 1. The quantitative estimate of drug-likeness (QED) is 0.293. The Balaban J connectivity index is 0.980. The van der Waals surface area contributed by atoms with Crippen molar-refractivity contribution in [2.45, 2.75) is 32.0 Å². The maximum absolute atomic E-state index is 5.48. The Morgan fingerprint density at radius 3 is 2.39 bits per heavy atom. The van der Waals surface area contributed by atoms with Gasteiger partial charge in [-0.2, -0.15) is 9.50 Å². The fourth-order valence-electron chi connectivity index (χ4n) is 6.10. The first-order valence-electron chi connectivity index (χ1n) is 14.3. The molecule has 210 valence electrons. The number of furan rings is 1.